The van der Waals surface area contributed by atoms with E-state index < -0.39 is 41.1 Å². The Morgan fingerprint density at radius 1 is 0.818 bits per heavy atom. The average molecular weight is 466 g/mol. The zero-order valence-electron chi connectivity index (χ0n) is 17.6. The number of rotatable bonds is 5. The van der Waals surface area contributed by atoms with Gasteiger partial charge < -0.3 is 5.32 Å². The normalized spacial score (nSPS) is 13.1. The highest BCUT2D eigenvalue weighted by molar-refractivity contribution is 5.94. The van der Waals surface area contributed by atoms with Crippen molar-refractivity contribution in [1.82, 2.24) is 10.3 Å². The van der Waals surface area contributed by atoms with E-state index in [1.807, 2.05) is 13.8 Å². The van der Waals surface area contributed by atoms with Crippen molar-refractivity contribution < 1.29 is 31.1 Å². The topological polar surface area (TPSA) is 42.0 Å². The second-order valence-electron chi connectivity index (χ2n) is 7.74. The van der Waals surface area contributed by atoms with Crippen LogP contribution in [0.1, 0.15) is 64.1 Å². The molecule has 174 valence electrons. The Labute approximate surface area is 186 Å². The van der Waals surface area contributed by atoms with Gasteiger partial charge in [0.1, 0.15) is 0 Å². The maximum Gasteiger partial charge on any atom is 0.418 e. The molecule has 1 atom stereocenters. The first-order chi connectivity index (χ1) is 15.4. The highest BCUT2D eigenvalue weighted by atomic mass is 19.4. The third kappa shape index (κ3) is 5.71. The summed E-state index contributed by atoms with van der Waals surface area (Å²) in [6.45, 7) is 3.94. The van der Waals surface area contributed by atoms with Crippen molar-refractivity contribution in [2.45, 2.75) is 38.2 Å². The van der Waals surface area contributed by atoms with Gasteiger partial charge in [-0.05, 0) is 53.4 Å². The molecule has 3 nitrogen and oxygen atoms in total. The summed E-state index contributed by atoms with van der Waals surface area (Å²) in [4.78, 5) is 16.7. The predicted octanol–water partition coefficient (Wildman–Crippen LogP) is 6.76. The molecule has 0 fully saturated rings. The molecule has 1 aromatic heterocycles. The van der Waals surface area contributed by atoms with Gasteiger partial charge in [0.25, 0.3) is 5.91 Å². The zero-order valence-corrected chi connectivity index (χ0v) is 17.6. The molecule has 0 radical (unpaired) electrons. The minimum Gasteiger partial charge on any atom is -0.340 e. The van der Waals surface area contributed by atoms with Crippen molar-refractivity contribution in [3.63, 3.8) is 0 Å². The quantitative estimate of drug-likeness (QED) is 0.422. The van der Waals surface area contributed by atoms with Crippen LogP contribution in [0.25, 0.3) is 0 Å². The molecule has 2 aromatic carbocycles. The molecule has 0 saturated carbocycles. The fourth-order valence-electron chi connectivity index (χ4n) is 3.30. The van der Waals surface area contributed by atoms with E-state index in [2.05, 4.69) is 10.3 Å². The van der Waals surface area contributed by atoms with Gasteiger partial charge in [0.05, 0.1) is 22.9 Å². The molecule has 1 heterocycles. The molecule has 3 rings (SSSR count). The monoisotopic (exact) mass is 466 g/mol. The van der Waals surface area contributed by atoms with Crippen LogP contribution in [-0.2, 0) is 12.4 Å². The molecule has 33 heavy (non-hydrogen) atoms. The number of halogens is 6. The summed E-state index contributed by atoms with van der Waals surface area (Å²) in [5, 5.41) is 2.50. The Balaban J connectivity index is 2.04. The van der Waals surface area contributed by atoms with Crippen molar-refractivity contribution in [2.75, 3.05) is 0 Å². The molecule has 0 unspecified atom stereocenters. The van der Waals surface area contributed by atoms with E-state index in [4.69, 9.17) is 0 Å². The number of aromatic nitrogens is 1. The molecular weight excluding hydrogens is 446 g/mol. The fraction of sp³-hybridized carbons (Fsp3) is 0.250. The maximum absolute atomic E-state index is 13.6. The summed E-state index contributed by atoms with van der Waals surface area (Å²) in [5.74, 6) is -0.473. The number of benzene rings is 2. The molecule has 0 aliphatic heterocycles. The van der Waals surface area contributed by atoms with Crippen LogP contribution in [0, 0.1) is 0 Å². The molecule has 1 amide bonds. The number of pyridine rings is 1. The van der Waals surface area contributed by atoms with E-state index in [0.29, 0.717) is 0 Å². The van der Waals surface area contributed by atoms with Crippen LogP contribution in [-0.4, -0.2) is 10.9 Å². The second-order valence-corrected chi connectivity index (χ2v) is 7.74. The fourth-order valence-corrected chi connectivity index (χ4v) is 3.30. The third-order valence-corrected chi connectivity index (χ3v) is 5.10. The average Bonchev–Trinajstić information content (AvgIpc) is 2.76. The lowest BCUT2D eigenvalue weighted by Crippen LogP contribution is -2.31. The van der Waals surface area contributed by atoms with E-state index in [0.717, 1.165) is 48.2 Å². The SMILES string of the molecule is CC(C)c1ccc(C(=O)N[C@@H](c2ccc(C(F)(F)F)cc2)c2ncccc2C(F)(F)F)cc1. The van der Waals surface area contributed by atoms with E-state index in [1.165, 1.54) is 12.1 Å². The van der Waals surface area contributed by atoms with Gasteiger partial charge in [0.2, 0.25) is 0 Å². The summed E-state index contributed by atoms with van der Waals surface area (Å²) >= 11 is 0. The number of carbonyl (C=O) groups is 1. The lowest BCUT2D eigenvalue weighted by Gasteiger charge is -2.23. The molecule has 3 aromatic rings. The van der Waals surface area contributed by atoms with Crippen LogP contribution in [0.4, 0.5) is 26.3 Å². The van der Waals surface area contributed by atoms with Gasteiger partial charge in [-0.3, -0.25) is 9.78 Å². The van der Waals surface area contributed by atoms with E-state index in [9.17, 15) is 31.1 Å². The molecule has 9 heteroatoms. The van der Waals surface area contributed by atoms with Gasteiger partial charge in [-0.2, -0.15) is 26.3 Å². The Morgan fingerprint density at radius 2 is 1.39 bits per heavy atom. The van der Waals surface area contributed by atoms with Crippen molar-refractivity contribution in [2.24, 2.45) is 0 Å². The number of amides is 1. The number of nitrogens with zero attached hydrogens (tertiary/aromatic N) is 1. The summed E-state index contributed by atoms with van der Waals surface area (Å²) in [6.07, 6.45) is -8.26. The highest BCUT2D eigenvalue weighted by Crippen LogP contribution is 2.36. The Hall–Kier alpha value is -3.36. The zero-order chi connectivity index (χ0) is 24.4. The minimum atomic E-state index is -4.78. The number of alkyl halides is 6. The highest BCUT2D eigenvalue weighted by Gasteiger charge is 2.37. The third-order valence-electron chi connectivity index (χ3n) is 5.10. The summed E-state index contributed by atoms with van der Waals surface area (Å²) in [6, 6.07) is 10.6. The maximum atomic E-state index is 13.6. The largest absolute Gasteiger partial charge is 0.418 e. The van der Waals surface area contributed by atoms with Crippen LogP contribution in [0.3, 0.4) is 0 Å². The van der Waals surface area contributed by atoms with E-state index in [-0.39, 0.29) is 17.0 Å². The van der Waals surface area contributed by atoms with Crippen LogP contribution < -0.4 is 5.32 Å². The standard InChI is InChI=1S/C24H20F6N2O/c1-14(2)15-5-7-17(8-6-15)22(33)32-20(16-9-11-18(12-10-16)23(25,26)27)21-19(24(28,29)30)4-3-13-31-21/h3-14,20H,1-2H3,(H,32,33)/t20-/m0/s1. The summed E-state index contributed by atoms with van der Waals surface area (Å²) in [7, 11) is 0. The Morgan fingerprint density at radius 3 is 1.91 bits per heavy atom. The summed E-state index contributed by atoms with van der Waals surface area (Å²) in [5.41, 5.74) is -1.38. The van der Waals surface area contributed by atoms with Crippen molar-refractivity contribution in [1.29, 1.82) is 0 Å². The van der Waals surface area contributed by atoms with Crippen molar-refractivity contribution in [3.8, 4) is 0 Å². The predicted molar refractivity (Wildman–Crippen MR) is 111 cm³/mol. The van der Waals surface area contributed by atoms with Crippen LogP contribution in [0.2, 0.25) is 0 Å². The first-order valence-corrected chi connectivity index (χ1v) is 9.98. The molecular formula is C24H20F6N2O. The van der Waals surface area contributed by atoms with Gasteiger partial charge >= 0.3 is 12.4 Å². The molecule has 0 bridgehead atoms. The Bertz CT molecular complexity index is 1100. The van der Waals surface area contributed by atoms with Gasteiger partial charge in [-0.1, -0.05) is 38.1 Å². The first kappa shape index (κ1) is 24.3. The number of carbonyl (C=O) groups excluding carboxylic acids is 1. The number of hydrogen-bond donors (Lipinski definition) is 1. The second kappa shape index (κ2) is 9.25. The van der Waals surface area contributed by atoms with Gasteiger partial charge in [-0.15, -0.1) is 0 Å². The number of hydrogen-bond acceptors (Lipinski definition) is 2. The lowest BCUT2D eigenvalue weighted by atomic mass is 9.97. The lowest BCUT2D eigenvalue weighted by molar-refractivity contribution is -0.139. The molecule has 0 saturated heterocycles. The van der Waals surface area contributed by atoms with Crippen LogP contribution >= 0.6 is 0 Å². The molecule has 0 spiro atoms. The van der Waals surface area contributed by atoms with Crippen molar-refractivity contribution in [3.05, 3.63) is 100 Å². The Kier molecular flexibility index (Phi) is 6.81. The van der Waals surface area contributed by atoms with E-state index in [1.54, 1.807) is 12.1 Å². The van der Waals surface area contributed by atoms with Crippen LogP contribution in [0.15, 0.2) is 66.9 Å². The van der Waals surface area contributed by atoms with Gasteiger partial charge in [0.15, 0.2) is 0 Å². The van der Waals surface area contributed by atoms with Crippen molar-refractivity contribution >= 4 is 5.91 Å². The molecule has 0 aliphatic rings. The van der Waals surface area contributed by atoms with E-state index >= 15 is 0 Å². The van der Waals surface area contributed by atoms with Gasteiger partial charge in [-0.25, -0.2) is 0 Å². The minimum absolute atomic E-state index is 0.0272. The number of nitrogens with one attached hydrogen (secondary N) is 1. The smallest absolute Gasteiger partial charge is 0.340 e. The first-order valence-electron chi connectivity index (χ1n) is 9.98. The molecule has 1 N–H and O–H groups in total. The summed E-state index contributed by atoms with van der Waals surface area (Å²) < 4.78 is 79.7. The molecule has 0 aliphatic carbocycles. The van der Waals surface area contributed by atoms with Crippen LogP contribution in [0.5, 0.6) is 0 Å². The van der Waals surface area contributed by atoms with Gasteiger partial charge in [0, 0.05) is 11.8 Å².